The second-order valence-electron chi connectivity index (χ2n) is 3.92. The van der Waals surface area contributed by atoms with E-state index in [4.69, 9.17) is 10.5 Å². The third kappa shape index (κ3) is 2.45. The van der Waals surface area contributed by atoms with Gasteiger partial charge in [0, 0.05) is 18.2 Å². The first-order valence-corrected chi connectivity index (χ1v) is 5.55. The van der Waals surface area contributed by atoms with Gasteiger partial charge in [-0.1, -0.05) is 24.3 Å². The van der Waals surface area contributed by atoms with Crippen molar-refractivity contribution in [2.24, 2.45) is 5.73 Å². The van der Waals surface area contributed by atoms with E-state index in [1.165, 1.54) is 5.56 Å². The molecule has 0 saturated carbocycles. The molecule has 0 saturated heterocycles. The summed E-state index contributed by atoms with van der Waals surface area (Å²) in [6.45, 7) is 2.55. The molecule has 0 atom stereocenters. The van der Waals surface area contributed by atoms with Gasteiger partial charge in [-0.25, -0.2) is 4.98 Å². The van der Waals surface area contributed by atoms with Crippen LogP contribution in [-0.2, 0) is 6.54 Å². The van der Waals surface area contributed by atoms with E-state index in [0.717, 1.165) is 16.8 Å². The maximum absolute atomic E-state index is 5.68. The predicted molar refractivity (Wildman–Crippen MR) is 68.9 cm³/mol. The Hall–Kier alpha value is -1.87. The Morgan fingerprint density at radius 3 is 2.65 bits per heavy atom. The molecule has 0 amide bonds. The molecule has 1 aromatic heterocycles. The van der Waals surface area contributed by atoms with Crippen molar-refractivity contribution in [2.75, 3.05) is 7.11 Å². The number of hydrogen-bond donors (Lipinski definition) is 1. The third-order valence-corrected chi connectivity index (χ3v) is 2.73. The fourth-order valence-electron chi connectivity index (χ4n) is 1.78. The van der Waals surface area contributed by atoms with Gasteiger partial charge in [-0.05, 0) is 24.1 Å². The van der Waals surface area contributed by atoms with E-state index in [0.29, 0.717) is 12.4 Å². The second-order valence-corrected chi connectivity index (χ2v) is 3.92. The number of aryl methyl sites for hydroxylation is 1. The Balaban J connectivity index is 2.55. The molecule has 2 aromatic rings. The lowest BCUT2D eigenvalue weighted by molar-refractivity contribution is 0.398. The number of pyridine rings is 1. The van der Waals surface area contributed by atoms with Gasteiger partial charge in [0.1, 0.15) is 0 Å². The lowest BCUT2D eigenvalue weighted by atomic mass is 10.0. The van der Waals surface area contributed by atoms with Gasteiger partial charge in [0.05, 0.1) is 12.8 Å². The van der Waals surface area contributed by atoms with Crippen molar-refractivity contribution in [3.8, 4) is 17.1 Å². The minimum Gasteiger partial charge on any atom is -0.481 e. The molecule has 2 N–H and O–H groups in total. The molecule has 17 heavy (non-hydrogen) atoms. The van der Waals surface area contributed by atoms with Gasteiger partial charge in [0.2, 0.25) is 5.88 Å². The van der Waals surface area contributed by atoms with Crippen molar-refractivity contribution < 1.29 is 4.74 Å². The molecular formula is C14H16N2O. The summed E-state index contributed by atoms with van der Waals surface area (Å²) >= 11 is 0. The highest BCUT2D eigenvalue weighted by molar-refractivity contribution is 5.64. The number of benzene rings is 1. The molecule has 0 radical (unpaired) electrons. The van der Waals surface area contributed by atoms with Crippen molar-refractivity contribution in [1.29, 1.82) is 0 Å². The molecule has 0 aliphatic rings. The Morgan fingerprint density at radius 2 is 2.00 bits per heavy atom. The molecule has 0 bridgehead atoms. The van der Waals surface area contributed by atoms with Crippen LogP contribution >= 0.6 is 0 Å². The van der Waals surface area contributed by atoms with Crippen LogP contribution in [0.1, 0.15) is 11.1 Å². The summed E-state index contributed by atoms with van der Waals surface area (Å²) in [5.74, 6) is 0.603. The lowest BCUT2D eigenvalue weighted by Crippen LogP contribution is -2.00. The van der Waals surface area contributed by atoms with E-state index in [9.17, 15) is 0 Å². The van der Waals surface area contributed by atoms with Gasteiger partial charge in [0.15, 0.2) is 0 Å². The molecule has 1 heterocycles. The SMILES string of the molecule is COc1cc(CN)cc(-c2ccccc2C)n1. The van der Waals surface area contributed by atoms with E-state index in [1.54, 1.807) is 7.11 Å². The molecule has 1 aromatic carbocycles. The van der Waals surface area contributed by atoms with Crippen LogP contribution in [0.4, 0.5) is 0 Å². The average Bonchev–Trinajstić information content (AvgIpc) is 2.38. The summed E-state index contributed by atoms with van der Waals surface area (Å²) in [7, 11) is 1.62. The van der Waals surface area contributed by atoms with Crippen LogP contribution in [0.5, 0.6) is 5.88 Å². The number of ether oxygens (including phenoxy) is 1. The summed E-state index contributed by atoms with van der Waals surface area (Å²) in [5, 5.41) is 0. The van der Waals surface area contributed by atoms with Crippen LogP contribution in [0.25, 0.3) is 11.3 Å². The number of nitrogens with zero attached hydrogens (tertiary/aromatic N) is 1. The highest BCUT2D eigenvalue weighted by Crippen LogP contribution is 2.24. The number of hydrogen-bond acceptors (Lipinski definition) is 3. The maximum Gasteiger partial charge on any atom is 0.213 e. The van der Waals surface area contributed by atoms with Crippen LogP contribution in [-0.4, -0.2) is 12.1 Å². The van der Waals surface area contributed by atoms with Gasteiger partial charge in [-0.3, -0.25) is 0 Å². The summed E-state index contributed by atoms with van der Waals surface area (Å²) < 4.78 is 5.19. The van der Waals surface area contributed by atoms with Gasteiger partial charge in [-0.15, -0.1) is 0 Å². The quantitative estimate of drug-likeness (QED) is 0.878. The van der Waals surface area contributed by atoms with Crippen molar-refractivity contribution in [3.05, 3.63) is 47.5 Å². The smallest absolute Gasteiger partial charge is 0.213 e. The van der Waals surface area contributed by atoms with Gasteiger partial charge < -0.3 is 10.5 Å². The van der Waals surface area contributed by atoms with Crippen molar-refractivity contribution in [2.45, 2.75) is 13.5 Å². The molecule has 0 aliphatic heterocycles. The summed E-state index contributed by atoms with van der Waals surface area (Å²) in [6.07, 6.45) is 0. The summed E-state index contributed by atoms with van der Waals surface area (Å²) in [6, 6.07) is 12.0. The molecule has 0 aliphatic carbocycles. The van der Waals surface area contributed by atoms with E-state index in [1.807, 2.05) is 24.3 Å². The Labute approximate surface area is 101 Å². The van der Waals surface area contributed by atoms with Crippen molar-refractivity contribution >= 4 is 0 Å². The lowest BCUT2D eigenvalue weighted by Gasteiger charge is -2.09. The summed E-state index contributed by atoms with van der Waals surface area (Å²) in [4.78, 5) is 4.45. The standard InChI is InChI=1S/C14H16N2O/c1-10-5-3-4-6-12(10)13-7-11(9-15)8-14(16-13)17-2/h3-8H,9,15H2,1-2H3. The van der Waals surface area contributed by atoms with Crippen LogP contribution in [0, 0.1) is 6.92 Å². The molecule has 0 spiro atoms. The molecule has 0 fully saturated rings. The van der Waals surface area contributed by atoms with Gasteiger partial charge >= 0.3 is 0 Å². The van der Waals surface area contributed by atoms with Crippen LogP contribution in [0.2, 0.25) is 0 Å². The zero-order valence-electron chi connectivity index (χ0n) is 10.1. The average molecular weight is 228 g/mol. The fourth-order valence-corrected chi connectivity index (χ4v) is 1.78. The molecule has 2 rings (SSSR count). The zero-order chi connectivity index (χ0) is 12.3. The normalized spacial score (nSPS) is 10.3. The van der Waals surface area contributed by atoms with E-state index in [2.05, 4.69) is 24.0 Å². The minimum atomic E-state index is 0.484. The highest BCUT2D eigenvalue weighted by Gasteiger charge is 2.06. The molecule has 88 valence electrons. The maximum atomic E-state index is 5.68. The number of aromatic nitrogens is 1. The summed E-state index contributed by atoms with van der Waals surface area (Å²) in [5.41, 5.74) is 9.91. The Morgan fingerprint density at radius 1 is 1.24 bits per heavy atom. The van der Waals surface area contributed by atoms with E-state index >= 15 is 0 Å². The van der Waals surface area contributed by atoms with Crippen LogP contribution < -0.4 is 10.5 Å². The predicted octanol–water partition coefficient (Wildman–Crippen LogP) is 2.52. The molecule has 3 heteroatoms. The monoisotopic (exact) mass is 228 g/mol. The highest BCUT2D eigenvalue weighted by atomic mass is 16.5. The number of nitrogens with two attached hydrogens (primary N) is 1. The molecule has 0 unspecified atom stereocenters. The van der Waals surface area contributed by atoms with Crippen molar-refractivity contribution in [3.63, 3.8) is 0 Å². The first kappa shape index (κ1) is 11.6. The Bertz CT molecular complexity index is 501. The van der Waals surface area contributed by atoms with E-state index < -0.39 is 0 Å². The fraction of sp³-hybridized carbons (Fsp3) is 0.214. The van der Waals surface area contributed by atoms with Crippen LogP contribution in [0.15, 0.2) is 36.4 Å². The minimum absolute atomic E-state index is 0.484. The van der Waals surface area contributed by atoms with Crippen molar-refractivity contribution in [1.82, 2.24) is 4.98 Å². The Kier molecular flexibility index (Phi) is 3.40. The topological polar surface area (TPSA) is 48.1 Å². The molecule has 3 nitrogen and oxygen atoms in total. The molecular weight excluding hydrogens is 212 g/mol. The first-order chi connectivity index (χ1) is 8.24. The number of methoxy groups -OCH3 is 1. The van der Waals surface area contributed by atoms with Crippen LogP contribution in [0.3, 0.4) is 0 Å². The van der Waals surface area contributed by atoms with Gasteiger partial charge in [-0.2, -0.15) is 0 Å². The second kappa shape index (κ2) is 4.97. The zero-order valence-corrected chi connectivity index (χ0v) is 10.1. The first-order valence-electron chi connectivity index (χ1n) is 5.55. The van der Waals surface area contributed by atoms with E-state index in [-0.39, 0.29) is 0 Å². The van der Waals surface area contributed by atoms with Gasteiger partial charge in [0.25, 0.3) is 0 Å². The third-order valence-electron chi connectivity index (χ3n) is 2.73. The number of rotatable bonds is 3. The largest absolute Gasteiger partial charge is 0.481 e.